The van der Waals surface area contributed by atoms with E-state index in [-0.39, 0.29) is 17.1 Å². The third-order valence-corrected chi connectivity index (χ3v) is 5.24. The van der Waals surface area contributed by atoms with Crippen molar-refractivity contribution in [2.75, 3.05) is 0 Å². The summed E-state index contributed by atoms with van der Waals surface area (Å²) in [5, 5.41) is 0.584. The lowest BCUT2D eigenvalue weighted by atomic mass is 9.90. The number of fused-ring (bicyclic) bond motifs is 1. The molecule has 21 heavy (non-hydrogen) atoms. The second-order valence-electron chi connectivity index (χ2n) is 5.69. The van der Waals surface area contributed by atoms with Crippen LogP contribution in [0.1, 0.15) is 34.9 Å². The van der Waals surface area contributed by atoms with Crippen molar-refractivity contribution in [3.8, 4) is 0 Å². The van der Waals surface area contributed by atoms with Gasteiger partial charge in [0.05, 0.1) is 5.38 Å². The average Bonchev–Trinajstić information content (AvgIpc) is 2.64. The fraction of sp³-hybridized carbons (Fsp3) is 0.333. The predicted octanol–water partition coefficient (Wildman–Crippen LogP) is 5.95. The molecule has 3 rings (SSSR count). The number of benzene rings is 2. The second-order valence-corrected chi connectivity index (χ2v) is 6.57. The maximum Gasteiger partial charge on any atom is 0.123 e. The molecular weight excluding hydrogens is 306 g/mol. The Morgan fingerprint density at radius 2 is 1.95 bits per heavy atom. The first-order valence-corrected chi connectivity index (χ1v) is 8.12. The maximum absolute atomic E-state index is 13.4. The van der Waals surface area contributed by atoms with Crippen LogP contribution in [0.25, 0.3) is 0 Å². The summed E-state index contributed by atoms with van der Waals surface area (Å²) in [6, 6.07) is 12.9. The molecule has 110 valence electrons. The van der Waals surface area contributed by atoms with E-state index in [9.17, 15) is 4.39 Å². The minimum atomic E-state index is -0.241. The van der Waals surface area contributed by atoms with Crippen LogP contribution in [0, 0.1) is 11.7 Å². The highest BCUT2D eigenvalue weighted by Crippen LogP contribution is 2.40. The van der Waals surface area contributed by atoms with Gasteiger partial charge in [-0.25, -0.2) is 4.39 Å². The minimum Gasteiger partial charge on any atom is -0.207 e. The van der Waals surface area contributed by atoms with Gasteiger partial charge in [0.25, 0.3) is 0 Å². The number of hydrogen-bond donors (Lipinski definition) is 0. The van der Waals surface area contributed by atoms with Crippen LogP contribution in [0.3, 0.4) is 0 Å². The fourth-order valence-corrected chi connectivity index (χ4v) is 3.80. The Bertz CT molecular complexity index is 639. The standard InChI is InChI=1S/C18H17Cl2F/c19-17-9-8-15(21)11-14(17)10-13-6-3-5-12-4-1-2-7-16(12)18(13)20/h1-2,4,7-9,11,13,18H,3,5-6,10H2. The van der Waals surface area contributed by atoms with Crippen LogP contribution in [-0.4, -0.2) is 0 Å². The molecule has 0 spiro atoms. The molecule has 0 saturated heterocycles. The Balaban J connectivity index is 1.87. The summed E-state index contributed by atoms with van der Waals surface area (Å²) in [6.45, 7) is 0. The monoisotopic (exact) mass is 322 g/mol. The van der Waals surface area contributed by atoms with Crippen LogP contribution >= 0.6 is 23.2 Å². The summed E-state index contributed by atoms with van der Waals surface area (Å²) < 4.78 is 13.4. The van der Waals surface area contributed by atoms with E-state index in [4.69, 9.17) is 23.2 Å². The first-order valence-electron chi connectivity index (χ1n) is 7.31. The lowest BCUT2D eigenvalue weighted by Gasteiger charge is -2.22. The Labute approximate surface area is 134 Å². The summed E-state index contributed by atoms with van der Waals surface area (Å²) in [6.07, 6.45) is 3.93. The molecule has 0 heterocycles. The third-order valence-electron chi connectivity index (χ3n) is 4.28. The SMILES string of the molecule is Fc1ccc(Cl)c(CC2CCCc3ccccc3C2Cl)c1. The molecule has 2 unspecified atom stereocenters. The van der Waals surface area contributed by atoms with E-state index in [1.54, 1.807) is 6.07 Å². The van der Waals surface area contributed by atoms with Crippen LogP contribution in [0.4, 0.5) is 4.39 Å². The van der Waals surface area contributed by atoms with Gasteiger partial charge in [-0.3, -0.25) is 0 Å². The van der Waals surface area contributed by atoms with Crippen molar-refractivity contribution >= 4 is 23.2 Å². The number of aryl methyl sites for hydroxylation is 1. The van der Waals surface area contributed by atoms with Crippen LogP contribution in [0.15, 0.2) is 42.5 Å². The van der Waals surface area contributed by atoms with E-state index in [1.807, 2.05) is 6.07 Å². The maximum atomic E-state index is 13.4. The van der Waals surface area contributed by atoms with Crippen molar-refractivity contribution in [3.05, 3.63) is 70.0 Å². The average molecular weight is 323 g/mol. The molecule has 0 bridgehead atoms. The van der Waals surface area contributed by atoms with Gasteiger partial charge in [-0.1, -0.05) is 35.9 Å². The van der Waals surface area contributed by atoms with E-state index in [0.717, 1.165) is 31.2 Å². The van der Waals surface area contributed by atoms with E-state index < -0.39 is 0 Å². The third kappa shape index (κ3) is 3.25. The van der Waals surface area contributed by atoms with Crippen LogP contribution in [0.5, 0.6) is 0 Å². The largest absolute Gasteiger partial charge is 0.207 e. The van der Waals surface area contributed by atoms with Crippen molar-refractivity contribution < 1.29 is 4.39 Å². The van der Waals surface area contributed by atoms with Crippen LogP contribution in [-0.2, 0) is 12.8 Å². The first kappa shape index (κ1) is 14.9. The highest BCUT2D eigenvalue weighted by atomic mass is 35.5. The van der Waals surface area contributed by atoms with Crippen molar-refractivity contribution in [2.45, 2.75) is 31.1 Å². The van der Waals surface area contributed by atoms with Gasteiger partial charge in [0.15, 0.2) is 0 Å². The van der Waals surface area contributed by atoms with E-state index in [0.29, 0.717) is 5.02 Å². The topological polar surface area (TPSA) is 0 Å². The Morgan fingerprint density at radius 1 is 1.14 bits per heavy atom. The van der Waals surface area contributed by atoms with Gasteiger partial charge < -0.3 is 0 Å². The number of halogens is 3. The molecule has 3 heteroatoms. The van der Waals surface area contributed by atoms with Gasteiger partial charge in [0.1, 0.15) is 5.82 Å². The smallest absolute Gasteiger partial charge is 0.123 e. The number of hydrogen-bond acceptors (Lipinski definition) is 0. The summed E-state index contributed by atoms with van der Waals surface area (Å²) in [5.41, 5.74) is 3.41. The zero-order valence-electron chi connectivity index (χ0n) is 11.7. The molecule has 0 N–H and O–H groups in total. The van der Waals surface area contributed by atoms with Gasteiger partial charge in [-0.2, -0.15) is 0 Å². The Kier molecular flexibility index (Phi) is 4.51. The Morgan fingerprint density at radius 3 is 2.81 bits per heavy atom. The van der Waals surface area contributed by atoms with E-state index in [1.165, 1.54) is 23.3 Å². The fourth-order valence-electron chi connectivity index (χ4n) is 3.17. The molecule has 0 radical (unpaired) electrons. The summed E-state index contributed by atoms with van der Waals surface area (Å²) in [7, 11) is 0. The number of alkyl halides is 1. The van der Waals surface area contributed by atoms with Gasteiger partial charge in [-0.05, 0) is 66.5 Å². The molecule has 0 aliphatic heterocycles. The van der Waals surface area contributed by atoms with Gasteiger partial charge in [-0.15, -0.1) is 11.6 Å². The predicted molar refractivity (Wildman–Crippen MR) is 86.6 cm³/mol. The van der Waals surface area contributed by atoms with Gasteiger partial charge in [0.2, 0.25) is 0 Å². The lowest BCUT2D eigenvalue weighted by molar-refractivity contribution is 0.464. The van der Waals surface area contributed by atoms with Crippen molar-refractivity contribution in [2.24, 2.45) is 5.92 Å². The Hall–Kier alpha value is -1.05. The molecule has 0 nitrogen and oxygen atoms in total. The molecule has 0 fully saturated rings. The second kappa shape index (κ2) is 6.37. The molecule has 0 aromatic heterocycles. The zero-order chi connectivity index (χ0) is 14.8. The van der Waals surface area contributed by atoms with Gasteiger partial charge >= 0.3 is 0 Å². The van der Waals surface area contributed by atoms with E-state index >= 15 is 0 Å². The van der Waals surface area contributed by atoms with Gasteiger partial charge in [0, 0.05) is 5.02 Å². The summed E-state index contributed by atoms with van der Waals surface area (Å²) >= 11 is 12.9. The highest BCUT2D eigenvalue weighted by molar-refractivity contribution is 6.31. The van der Waals surface area contributed by atoms with Crippen molar-refractivity contribution in [1.82, 2.24) is 0 Å². The molecule has 2 aromatic carbocycles. The number of rotatable bonds is 2. The van der Waals surface area contributed by atoms with E-state index in [2.05, 4.69) is 18.2 Å². The first-order chi connectivity index (χ1) is 10.1. The van der Waals surface area contributed by atoms with Crippen LogP contribution in [0.2, 0.25) is 5.02 Å². The normalized spacial score (nSPS) is 21.7. The van der Waals surface area contributed by atoms with Crippen molar-refractivity contribution in [1.29, 1.82) is 0 Å². The molecule has 2 atom stereocenters. The summed E-state index contributed by atoms with van der Waals surface area (Å²) in [5.74, 6) is 0.0455. The molecular formula is C18H17Cl2F. The minimum absolute atomic E-state index is 0.0389. The zero-order valence-corrected chi connectivity index (χ0v) is 13.2. The molecule has 0 amide bonds. The molecule has 1 aliphatic rings. The molecule has 1 aliphatic carbocycles. The summed E-state index contributed by atoms with van der Waals surface area (Å²) in [4.78, 5) is 0. The van der Waals surface area contributed by atoms with Crippen molar-refractivity contribution in [3.63, 3.8) is 0 Å². The quantitative estimate of drug-likeness (QED) is 0.473. The molecule has 2 aromatic rings. The highest BCUT2D eigenvalue weighted by Gasteiger charge is 2.26. The lowest BCUT2D eigenvalue weighted by Crippen LogP contribution is -2.11. The van der Waals surface area contributed by atoms with Crippen LogP contribution < -0.4 is 0 Å². The molecule has 0 saturated carbocycles.